The van der Waals surface area contributed by atoms with Crippen LogP contribution in [0, 0.1) is 5.41 Å². The molecule has 1 N–H and O–H groups in total. The fraction of sp³-hybridized carbons (Fsp3) is 0.769. The number of aliphatic hydroxyl groups is 1. The molecule has 0 saturated carbocycles. The summed E-state index contributed by atoms with van der Waals surface area (Å²) in [5.41, 5.74) is 0.792. The average molecular weight is 259 g/mol. The summed E-state index contributed by atoms with van der Waals surface area (Å²) in [6.45, 7) is 9.95. The van der Waals surface area contributed by atoms with Crippen LogP contribution in [0.2, 0.25) is 5.02 Å². The molecule has 0 amide bonds. The van der Waals surface area contributed by atoms with Crippen molar-refractivity contribution in [3.8, 4) is 0 Å². The molecule has 0 aliphatic heterocycles. The van der Waals surface area contributed by atoms with E-state index in [1.807, 2.05) is 41.7 Å². The Balaban J connectivity index is 3.08. The van der Waals surface area contributed by atoms with Gasteiger partial charge in [-0.05, 0) is 18.8 Å². The van der Waals surface area contributed by atoms with Gasteiger partial charge in [-0.3, -0.25) is 4.68 Å². The normalized spacial score (nSPS) is 16.0. The van der Waals surface area contributed by atoms with E-state index in [0.29, 0.717) is 11.4 Å². The maximum atomic E-state index is 10.5. The van der Waals surface area contributed by atoms with Gasteiger partial charge in [0.15, 0.2) is 0 Å². The lowest BCUT2D eigenvalue weighted by molar-refractivity contribution is -0.0418. The van der Waals surface area contributed by atoms with Crippen molar-refractivity contribution < 1.29 is 5.11 Å². The predicted octanol–water partition coefficient (Wildman–Crippen LogP) is 2.98. The Morgan fingerprint density at radius 1 is 1.29 bits per heavy atom. The molecular weight excluding hydrogens is 236 g/mol. The molecule has 0 aliphatic carbocycles. The van der Waals surface area contributed by atoms with E-state index >= 15 is 0 Å². The molecular formula is C13H23ClN2O. The van der Waals surface area contributed by atoms with Crippen molar-refractivity contribution >= 4 is 11.6 Å². The topological polar surface area (TPSA) is 38.0 Å². The number of aryl methyl sites for hydroxylation is 2. The summed E-state index contributed by atoms with van der Waals surface area (Å²) in [4.78, 5) is 0. The fourth-order valence-corrected chi connectivity index (χ4v) is 1.96. The zero-order chi connectivity index (χ0) is 13.4. The monoisotopic (exact) mass is 258 g/mol. The van der Waals surface area contributed by atoms with Gasteiger partial charge in [0.05, 0.1) is 22.0 Å². The van der Waals surface area contributed by atoms with Crippen LogP contribution in [0.15, 0.2) is 0 Å². The van der Waals surface area contributed by atoms with E-state index in [0.717, 1.165) is 17.8 Å². The summed E-state index contributed by atoms with van der Waals surface area (Å²) in [5.74, 6) is 0. The molecule has 17 heavy (non-hydrogen) atoms. The predicted molar refractivity (Wildman–Crippen MR) is 71.4 cm³/mol. The van der Waals surface area contributed by atoms with Gasteiger partial charge in [-0.1, -0.05) is 39.3 Å². The van der Waals surface area contributed by atoms with Gasteiger partial charge >= 0.3 is 0 Å². The van der Waals surface area contributed by atoms with Crippen LogP contribution in [0.4, 0.5) is 0 Å². The first-order chi connectivity index (χ1) is 7.60. The minimum absolute atomic E-state index is 0.201. The maximum Gasteiger partial charge on any atom is 0.0850 e. The molecule has 0 bridgehead atoms. The zero-order valence-corrected chi connectivity index (χ0v) is 12.4. The molecule has 0 aliphatic rings. The lowest BCUT2D eigenvalue weighted by Gasteiger charge is -2.37. The summed E-state index contributed by atoms with van der Waals surface area (Å²) in [7, 11) is 1.87. The quantitative estimate of drug-likeness (QED) is 0.905. The van der Waals surface area contributed by atoms with Crippen molar-refractivity contribution in [1.82, 2.24) is 9.78 Å². The molecule has 1 atom stereocenters. The van der Waals surface area contributed by atoms with Crippen molar-refractivity contribution in [2.75, 3.05) is 0 Å². The summed E-state index contributed by atoms with van der Waals surface area (Å²) < 4.78 is 1.78. The molecule has 0 aromatic carbocycles. The van der Waals surface area contributed by atoms with Gasteiger partial charge in [-0.2, -0.15) is 5.10 Å². The standard InChI is InChI=1S/C13H23ClN2O/c1-7-9-11(14)10(16(6)15-9)8-13(5,17)12(2,3)4/h17H,7-8H2,1-6H3. The van der Waals surface area contributed by atoms with Crippen LogP contribution >= 0.6 is 11.6 Å². The first kappa shape index (κ1) is 14.5. The Kier molecular flexibility index (Phi) is 3.94. The highest BCUT2D eigenvalue weighted by molar-refractivity contribution is 6.31. The minimum Gasteiger partial charge on any atom is -0.389 e. The zero-order valence-electron chi connectivity index (χ0n) is 11.6. The van der Waals surface area contributed by atoms with Gasteiger partial charge in [-0.15, -0.1) is 0 Å². The van der Waals surface area contributed by atoms with Crippen LogP contribution in [0.25, 0.3) is 0 Å². The van der Waals surface area contributed by atoms with E-state index in [1.54, 1.807) is 4.68 Å². The molecule has 0 radical (unpaired) electrons. The van der Waals surface area contributed by atoms with Gasteiger partial charge in [0.1, 0.15) is 0 Å². The SMILES string of the molecule is CCc1nn(C)c(CC(C)(O)C(C)(C)C)c1Cl. The molecule has 1 aromatic rings. The molecule has 98 valence electrons. The molecule has 3 nitrogen and oxygen atoms in total. The molecule has 1 aromatic heterocycles. The third kappa shape index (κ3) is 2.83. The van der Waals surface area contributed by atoms with Crippen molar-refractivity contribution in [1.29, 1.82) is 0 Å². The van der Waals surface area contributed by atoms with E-state index in [4.69, 9.17) is 11.6 Å². The Bertz CT molecular complexity index is 402. The molecule has 1 heterocycles. The Labute approximate surface area is 109 Å². The summed E-state index contributed by atoms with van der Waals surface area (Å²) >= 11 is 6.29. The first-order valence-electron chi connectivity index (χ1n) is 6.02. The molecule has 4 heteroatoms. The van der Waals surface area contributed by atoms with Gasteiger partial charge < -0.3 is 5.11 Å². The molecule has 0 spiro atoms. The molecule has 1 rings (SSSR count). The summed E-state index contributed by atoms with van der Waals surface area (Å²) in [6, 6.07) is 0. The lowest BCUT2D eigenvalue weighted by Crippen LogP contribution is -2.42. The molecule has 0 saturated heterocycles. The maximum absolute atomic E-state index is 10.5. The van der Waals surface area contributed by atoms with Crippen LogP contribution in [0.3, 0.4) is 0 Å². The Morgan fingerprint density at radius 3 is 2.18 bits per heavy atom. The van der Waals surface area contributed by atoms with Crippen LogP contribution in [0.5, 0.6) is 0 Å². The Hall–Kier alpha value is -0.540. The molecule has 0 fully saturated rings. The first-order valence-corrected chi connectivity index (χ1v) is 6.40. The van der Waals surface area contributed by atoms with E-state index in [-0.39, 0.29) is 5.41 Å². The summed E-state index contributed by atoms with van der Waals surface area (Å²) in [5, 5.41) is 15.6. The van der Waals surface area contributed by atoms with Gasteiger partial charge in [-0.25, -0.2) is 0 Å². The third-order valence-corrected chi connectivity index (χ3v) is 4.07. The van der Waals surface area contributed by atoms with Crippen LogP contribution in [-0.2, 0) is 19.9 Å². The van der Waals surface area contributed by atoms with Crippen molar-refractivity contribution in [3.63, 3.8) is 0 Å². The number of hydrogen-bond donors (Lipinski definition) is 1. The smallest absolute Gasteiger partial charge is 0.0850 e. The highest BCUT2D eigenvalue weighted by Gasteiger charge is 2.37. The van der Waals surface area contributed by atoms with Crippen LogP contribution in [-0.4, -0.2) is 20.5 Å². The highest BCUT2D eigenvalue weighted by atomic mass is 35.5. The van der Waals surface area contributed by atoms with Crippen LogP contribution in [0.1, 0.15) is 46.0 Å². The van der Waals surface area contributed by atoms with E-state index in [9.17, 15) is 5.11 Å². The third-order valence-electron chi connectivity index (χ3n) is 3.63. The largest absolute Gasteiger partial charge is 0.389 e. The highest BCUT2D eigenvalue weighted by Crippen LogP contribution is 2.35. The second-order valence-corrected chi connectivity index (χ2v) is 6.26. The minimum atomic E-state index is -0.810. The van der Waals surface area contributed by atoms with Gasteiger partial charge in [0, 0.05) is 13.5 Å². The van der Waals surface area contributed by atoms with E-state index < -0.39 is 5.60 Å². The van der Waals surface area contributed by atoms with E-state index in [2.05, 4.69) is 5.10 Å². The van der Waals surface area contributed by atoms with Gasteiger partial charge in [0.2, 0.25) is 0 Å². The number of nitrogens with zero attached hydrogens (tertiary/aromatic N) is 2. The van der Waals surface area contributed by atoms with Crippen molar-refractivity contribution in [2.24, 2.45) is 12.5 Å². The number of hydrogen-bond acceptors (Lipinski definition) is 2. The second kappa shape index (κ2) is 4.62. The van der Waals surface area contributed by atoms with Crippen molar-refractivity contribution in [3.05, 3.63) is 16.4 Å². The Morgan fingerprint density at radius 2 is 1.82 bits per heavy atom. The average Bonchev–Trinajstić information content (AvgIpc) is 2.43. The number of aromatic nitrogens is 2. The number of halogens is 1. The second-order valence-electron chi connectivity index (χ2n) is 5.89. The van der Waals surface area contributed by atoms with Gasteiger partial charge in [0.25, 0.3) is 0 Å². The van der Waals surface area contributed by atoms with E-state index in [1.165, 1.54) is 0 Å². The molecule has 1 unspecified atom stereocenters. The lowest BCUT2D eigenvalue weighted by atomic mass is 9.75. The van der Waals surface area contributed by atoms with Crippen LogP contribution < -0.4 is 0 Å². The number of rotatable bonds is 3. The van der Waals surface area contributed by atoms with Crippen molar-refractivity contribution in [2.45, 2.75) is 53.1 Å². The fourth-order valence-electron chi connectivity index (χ4n) is 1.60. The summed E-state index contributed by atoms with van der Waals surface area (Å²) in [6.07, 6.45) is 1.32.